The minimum Gasteiger partial charge on any atom is -0.481 e. The predicted molar refractivity (Wildman–Crippen MR) is 56.5 cm³/mol. The van der Waals surface area contributed by atoms with Gasteiger partial charge in [0.25, 0.3) is 0 Å². The lowest BCUT2D eigenvalue weighted by atomic mass is 9.82. The monoisotopic (exact) mass is 213 g/mol. The Morgan fingerprint density at radius 3 is 2.67 bits per heavy atom. The molecule has 0 radical (unpaired) electrons. The molecule has 1 heterocycles. The number of likely N-dealkylation sites (tertiary alicyclic amines) is 1. The zero-order valence-corrected chi connectivity index (χ0v) is 9.45. The van der Waals surface area contributed by atoms with Crippen LogP contribution in [-0.2, 0) is 9.59 Å². The second kappa shape index (κ2) is 4.64. The quantitative estimate of drug-likeness (QED) is 0.773. The highest BCUT2D eigenvalue weighted by Crippen LogP contribution is 2.29. The van der Waals surface area contributed by atoms with Crippen molar-refractivity contribution in [3.05, 3.63) is 0 Å². The number of carboxylic acids is 1. The van der Waals surface area contributed by atoms with E-state index >= 15 is 0 Å². The Hall–Kier alpha value is -1.06. The third-order valence-corrected chi connectivity index (χ3v) is 3.03. The molecule has 0 saturated carbocycles. The predicted octanol–water partition coefficient (Wildman–Crippen LogP) is 1.50. The number of hydrogen-bond acceptors (Lipinski definition) is 2. The van der Waals surface area contributed by atoms with Crippen molar-refractivity contribution in [2.45, 2.75) is 39.5 Å². The van der Waals surface area contributed by atoms with Crippen LogP contribution in [0.2, 0.25) is 0 Å². The minimum absolute atomic E-state index is 0.0877. The molecule has 0 spiro atoms. The lowest BCUT2D eigenvalue weighted by Gasteiger charge is -2.37. The molecule has 1 aliphatic heterocycles. The van der Waals surface area contributed by atoms with E-state index in [2.05, 4.69) is 0 Å². The van der Waals surface area contributed by atoms with Gasteiger partial charge in [-0.15, -0.1) is 0 Å². The molecule has 4 heteroatoms. The van der Waals surface area contributed by atoms with Crippen LogP contribution in [0.25, 0.3) is 0 Å². The first-order valence-electron chi connectivity index (χ1n) is 5.51. The van der Waals surface area contributed by atoms with E-state index < -0.39 is 11.4 Å². The summed E-state index contributed by atoms with van der Waals surface area (Å²) in [5, 5.41) is 9.09. The summed E-state index contributed by atoms with van der Waals surface area (Å²) in [6.07, 6.45) is 2.80. The number of hydrogen-bond donors (Lipinski definition) is 1. The molecule has 1 unspecified atom stereocenters. The van der Waals surface area contributed by atoms with Crippen LogP contribution >= 0.6 is 0 Å². The molecule has 1 N–H and O–H groups in total. The first-order chi connectivity index (χ1) is 6.99. The van der Waals surface area contributed by atoms with Crippen molar-refractivity contribution in [1.82, 2.24) is 4.90 Å². The number of nitrogens with zero attached hydrogens (tertiary/aromatic N) is 1. The maximum atomic E-state index is 11.6. The van der Waals surface area contributed by atoms with Gasteiger partial charge in [0, 0.05) is 19.5 Å². The largest absolute Gasteiger partial charge is 0.481 e. The maximum absolute atomic E-state index is 11.6. The fourth-order valence-corrected chi connectivity index (χ4v) is 2.00. The Kier molecular flexibility index (Phi) is 3.72. The van der Waals surface area contributed by atoms with Crippen LogP contribution in [0.4, 0.5) is 0 Å². The number of amides is 1. The van der Waals surface area contributed by atoms with E-state index in [0.29, 0.717) is 25.9 Å². The summed E-state index contributed by atoms with van der Waals surface area (Å²) in [6.45, 7) is 4.75. The van der Waals surface area contributed by atoms with Crippen molar-refractivity contribution in [1.29, 1.82) is 0 Å². The zero-order chi connectivity index (χ0) is 11.5. The molecule has 1 fully saturated rings. The minimum atomic E-state index is -0.795. The highest BCUT2D eigenvalue weighted by Gasteiger charge is 2.38. The van der Waals surface area contributed by atoms with Gasteiger partial charge in [0.2, 0.25) is 5.91 Å². The second-order valence-corrected chi connectivity index (χ2v) is 4.53. The molecule has 0 aliphatic carbocycles. The van der Waals surface area contributed by atoms with E-state index in [4.69, 9.17) is 5.11 Å². The van der Waals surface area contributed by atoms with Crippen molar-refractivity contribution in [2.24, 2.45) is 5.41 Å². The second-order valence-electron chi connectivity index (χ2n) is 4.53. The third kappa shape index (κ3) is 2.70. The van der Waals surface area contributed by atoms with Gasteiger partial charge in [0.15, 0.2) is 0 Å². The van der Waals surface area contributed by atoms with Gasteiger partial charge < -0.3 is 10.0 Å². The molecule has 0 bridgehead atoms. The molecule has 1 atom stereocenters. The van der Waals surface area contributed by atoms with E-state index in [1.807, 2.05) is 6.92 Å². The number of carboxylic acid groups (broad SMARTS) is 1. The van der Waals surface area contributed by atoms with Crippen LogP contribution in [-0.4, -0.2) is 35.0 Å². The van der Waals surface area contributed by atoms with Crippen LogP contribution < -0.4 is 0 Å². The number of aliphatic carboxylic acids is 1. The van der Waals surface area contributed by atoms with Crippen LogP contribution in [0, 0.1) is 5.41 Å². The number of carbonyl (C=O) groups excluding carboxylic acids is 1. The fraction of sp³-hybridized carbons (Fsp3) is 0.818. The van der Waals surface area contributed by atoms with Crippen molar-refractivity contribution < 1.29 is 14.7 Å². The van der Waals surface area contributed by atoms with Gasteiger partial charge in [-0.3, -0.25) is 9.59 Å². The summed E-state index contributed by atoms with van der Waals surface area (Å²) in [5.74, 6) is -0.707. The first kappa shape index (κ1) is 12.0. The van der Waals surface area contributed by atoms with Crippen molar-refractivity contribution in [3.8, 4) is 0 Å². The summed E-state index contributed by atoms with van der Waals surface area (Å²) >= 11 is 0. The van der Waals surface area contributed by atoms with Crippen molar-refractivity contribution in [3.63, 3.8) is 0 Å². The van der Waals surface area contributed by atoms with Crippen LogP contribution in [0.15, 0.2) is 0 Å². The van der Waals surface area contributed by atoms with E-state index in [1.54, 1.807) is 11.8 Å². The summed E-state index contributed by atoms with van der Waals surface area (Å²) in [4.78, 5) is 24.4. The average Bonchev–Trinajstić information content (AvgIpc) is 2.18. The average molecular weight is 213 g/mol. The topological polar surface area (TPSA) is 57.6 Å². The summed E-state index contributed by atoms with van der Waals surface area (Å²) < 4.78 is 0. The summed E-state index contributed by atoms with van der Waals surface area (Å²) in [7, 11) is 0. The number of rotatable bonds is 3. The third-order valence-electron chi connectivity index (χ3n) is 3.03. The molecule has 0 aromatic heterocycles. The Morgan fingerprint density at radius 2 is 2.13 bits per heavy atom. The van der Waals surface area contributed by atoms with Gasteiger partial charge in [0.1, 0.15) is 0 Å². The summed E-state index contributed by atoms with van der Waals surface area (Å²) in [5.41, 5.74) is -0.748. The van der Waals surface area contributed by atoms with E-state index in [9.17, 15) is 9.59 Å². The molecule has 0 aromatic carbocycles. The maximum Gasteiger partial charge on any atom is 0.311 e. The van der Waals surface area contributed by atoms with Crippen LogP contribution in [0.1, 0.15) is 39.5 Å². The Bertz CT molecular complexity index is 265. The SMILES string of the molecule is CCCC(=O)N1CCCC(C)(C(=O)O)C1. The van der Waals surface area contributed by atoms with Gasteiger partial charge in [-0.25, -0.2) is 0 Å². The molecule has 15 heavy (non-hydrogen) atoms. The van der Waals surface area contributed by atoms with Gasteiger partial charge >= 0.3 is 5.97 Å². The standard InChI is InChI=1S/C11H19NO3/c1-3-5-9(13)12-7-4-6-11(2,8-12)10(14)15/h3-8H2,1-2H3,(H,14,15). The Labute approximate surface area is 90.3 Å². The molecule has 86 valence electrons. The van der Waals surface area contributed by atoms with Crippen molar-refractivity contribution >= 4 is 11.9 Å². The van der Waals surface area contributed by atoms with E-state index in [1.165, 1.54) is 0 Å². The lowest BCUT2D eigenvalue weighted by Crippen LogP contribution is -2.48. The number of piperidine rings is 1. The molecule has 4 nitrogen and oxygen atoms in total. The van der Waals surface area contributed by atoms with Gasteiger partial charge in [-0.05, 0) is 26.2 Å². The van der Waals surface area contributed by atoms with Crippen LogP contribution in [0.5, 0.6) is 0 Å². The molecular weight excluding hydrogens is 194 g/mol. The van der Waals surface area contributed by atoms with Gasteiger partial charge in [-0.1, -0.05) is 6.92 Å². The first-order valence-corrected chi connectivity index (χ1v) is 5.51. The van der Waals surface area contributed by atoms with Gasteiger partial charge in [-0.2, -0.15) is 0 Å². The Balaban J connectivity index is 2.63. The highest BCUT2D eigenvalue weighted by atomic mass is 16.4. The smallest absolute Gasteiger partial charge is 0.311 e. The fourth-order valence-electron chi connectivity index (χ4n) is 2.00. The summed E-state index contributed by atoms with van der Waals surface area (Å²) in [6, 6.07) is 0. The molecule has 1 aliphatic rings. The molecular formula is C11H19NO3. The van der Waals surface area contributed by atoms with Crippen molar-refractivity contribution in [2.75, 3.05) is 13.1 Å². The lowest BCUT2D eigenvalue weighted by molar-refractivity contribution is -0.153. The zero-order valence-electron chi connectivity index (χ0n) is 9.45. The highest BCUT2D eigenvalue weighted by molar-refractivity contribution is 5.79. The Morgan fingerprint density at radius 1 is 1.47 bits per heavy atom. The molecule has 1 amide bonds. The van der Waals surface area contributed by atoms with E-state index in [-0.39, 0.29) is 5.91 Å². The molecule has 0 aromatic rings. The normalized spacial score (nSPS) is 26.4. The van der Waals surface area contributed by atoms with E-state index in [0.717, 1.165) is 12.8 Å². The van der Waals surface area contributed by atoms with Gasteiger partial charge in [0.05, 0.1) is 5.41 Å². The van der Waals surface area contributed by atoms with Crippen LogP contribution in [0.3, 0.4) is 0 Å². The molecule has 1 rings (SSSR count). The molecule has 1 saturated heterocycles. The number of carbonyl (C=O) groups is 2.